The summed E-state index contributed by atoms with van der Waals surface area (Å²) in [5, 5.41) is 8.38. The van der Waals surface area contributed by atoms with Crippen LogP contribution in [-0.4, -0.2) is 181 Å². The van der Waals surface area contributed by atoms with Crippen molar-refractivity contribution in [1.29, 1.82) is 5.41 Å². The lowest BCUT2D eigenvalue weighted by molar-refractivity contribution is -0.382. The molecule has 394 valence electrons. The first-order chi connectivity index (χ1) is 32.5. The van der Waals surface area contributed by atoms with Crippen LogP contribution in [0.5, 0.6) is 0 Å². The third kappa shape index (κ3) is 17.9. The van der Waals surface area contributed by atoms with Crippen molar-refractivity contribution in [2.24, 2.45) is 0 Å². The smallest absolute Gasteiger partial charge is 0.303 e. The molecule has 0 aromatic rings. The topological polar surface area (TPSA) is 342 Å². The van der Waals surface area contributed by atoms with Gasteiger partial charge < -0.3 is 75.8 Å². The fourth-order valence-electron chi connectivity index (χ4n) is 7.03. The van der Waals surface area contributed by atoms with Crippen molar-refractivity contribution in [3.05, 3.63) is 0 Å². The Morgan fingerprint density at radius 2 is 0.614 bits per heavy atom. The van der Waals surface area contributed by atoms with E-state index in [-0.39, 0.29) is 0 Å². The van der Waals surface area contributed by atoms with Crippen molar-refractivity contribution in [3.63, 3.8) is 0 Å². The highest BCUT2D eigenvalue weighted by atomic mass is 35.6. The molecule has 3 aliphatic rings. The summed E-state index contributed by atoms with van der Waals surface area (Å²) >= 11 is 17.8. The minimum absolute atomic E-state index is 0.727. The predicted octanol–water partition coefficient (Wildman–Crippen LogP) is 0.507. The molecule has 0 aliphatic carbocycles. The van der Waals surface area contributed by atoms with Crippen LogP contribution in [0.2, 0.25) is 0 Å². The molecule has 30 heteroatoms. The molecule has 70 heavy (non-hydrogen) atoms. The van der Waals surface area contributed by atoms with E-state index >= 15 is 0 Å². The fraction of sp³-hybridized carbons (Fsp3) is 0.725. The molecule has 27 nitrogen and oxygen atoms in total. The van der Waals surface area contributed by atoms with E-state index < -0.39 is 181 Å². The van der Waals surface area contributed by atoms with Crippen molar-refractivity contribution in [3.8, 4) is 0 Å². The van der Waals surface area contributed by atoms with Crippen LogP contribution in [0.3, 0.4) is 0 Å². The third-order valence-electron chi connectivity index (χ3n) is 9.31. The maximum Gasteiger partial charge on any atom is 0.303 e. The van der Waals surface area contributed by atoms with Crippen LogP contribution in [0, 0.1) is 5.41 Å². The molecule has 3 fully saturated rings. The van der Waals surface area contributed by atoms with Gasteiger partial charge in [-0.15, -0.1) is 0 Å². The number of carbonyl (C=O) groups is 10. The lowest BCUT2D eigenvalue weighted by Crippen LogP contribution is -2.69. The Hall–Kier alpha value is -5.16. The Kier molecular flexibility index (Phi) is 22.3. The monoisotopic (exact) mass is 1070 g/mol. The zero-order valence-corrected chi connectivity index (χ0v) is 41.3. The van der Waals surface area contributed by atoms with Gasteiger partial charge in [0.05, 0.1) is 0 Å². The molecule has 0 saturated carbocycles. The molecule has 3 aliphatic heterocycles. The number of carbonyl (C=O) groups excluding carboxylic acids is 10. The van der Waals surface area contributed by atoms with Crippen LogP contribution >= 0.6 is 34.8 Å². The molecular weight excluding hydrogens is 1020 g/mol. The Morgan fingerprint density at radius 3 is 0.929 bits per heavy atom. The summed E-state index contributed by atoms with van der Waals surface area (Å²) in [6.45, 7) is 7.31. The first kappa shape index (κ1) is 59.2. The van der Waals surface area contributed by atoms with Gasteiger partial charge >= 0.3 is 59.7 Å². The van der Waals surface area contributed by atoms with Gasteiger partial charge in [0.1, 0.15) is 44.2 Å². The normalized spacial score (nSPS) is 30.7. The zero-order valence-electron chi connectivity index (χ0n) is 39.0. The largest absolute Gasteiger partial charge is 0.463 e. The second-order valence-electron chi connectivity index (χ2n) is 15.2. The van der Waals surface area contributed by atoms with E-state index in [0.717, 1.165) is 69.2 Å². The van der Waals surface area contributed by atoms with Gasteiger partial charge in [-0.1, -0.05) is 34.8 Å². The van der Waals surface area contributed by atoms with Crippen LogP contribution in [0.15, 0.2) is 0 Å². The number of nitrogens with one attached hydrogen (secondary N) is 1. The Morgan fingerprint density at radius 1 is 0.357 bits per heavy atom. The Labute approximate surface area is 413 Å². The highest BCUT2D eigenvalue weighted by Crippen LogP contribution is 2.39. The Bertz CT molecular complexity index is 1960. The molecule has 0 radical (unpaired) electrons. The van der Waals surface area contributed by atoms with Gasteiger partial charge in [-0.25, -0.2) is 0 Å². The van der Waals surface area contributed by atoms with E-state index in [4.69, 9.17) is 116 Å². The van der Waals surface area contributed by atoms with Crippen molar-refractivity contribution in [2.45, 2.75) is 165 Å². The quantitative estimate of drug-likeness (QED) is 0.0642. The van der Waals surface area contributed by atoms with Gasteiger partial charge in [0.25, 0.3) is 3.79 Å². The van der Waals surface area contributed by atoms with E-state index in [2.05, 4.69) is 0 Å². The van der Waals surface area contributed by atoms with Crippen molar-refractivity contribution < 1.29 is 124 Å². The van der Waals surface area contributed by atoms with Crippen LogP contribution in [0.1, 0.15) is 69.2 Å². The van der Waals surface area contributed by atoms with Crippen molar-refractivity contribution in [2.75, 3.05) is 19.8 Å². The summed E-state index contributed by atoms with van der Waals surface area (Å²) < 4.78 is 88.4. The van der Waals surface area contributed by atoms with Gasteiger partial charge in [0.2, 0.25) is 12.2 Å². The highest BCUT2D eigenvalue weighted by Gasteiger charge is 2.60. The number of halogens is 3. The number of hydrogen-bond donors (Lipinski definition) is 1. The summed E-state index contributed by atoms with van der Waals surface area (Å²) in [6, 6.07) is 0. The molecule has 0 aromatic carbocycles. The second-order valence-corrected chi connectivity index (χ2v) is 17.5. The van der Waals surface area contributed by atoms with E-state index in [1.807, 2.05) is 0 Å². The first-order valence-corrected chi connectivity index (χ1v) is 21.8. The van der Waals surface area contributed by atoms with E-state index in [0.29, 0.717) is 0 Å². The predicted molar refractivity (Wildman–Crippen MR) is 224 cm³/mol. The van der Waals surface area contributed by atoms with Gasteiger partial charge in [-0.2, -0.15) is 0 Å². The van der Waals surface area contributed by atoms with Gasteiger partial charge in [0, 0.05) is 69.2 Å². The summed E-state index contributed by atoms with van der Waals surface area (Å²) in [4.78, 5) is 125. The lowest BCUT2D eigenvalue weighted by Gasteiger charge is -2.50. The molecule has 0 bridgehead atoms. The molecule has 0 spiro atoms. The molecule has 0 aromatic heterocycles. The highest BCUT2D eigenvalue weighted by molar-refractivity contribution is 6.76. The molecule has 15 atom stereocenters. The molecule has 1 N–H and O–H groups in total. The number of ether oxygens (including phenoxy) is 16. The van der Waals surface area contributed by atoms with Gasteiger partial charge in [0.15, 0.2) is 61.4 Å². The van der Waals surface area contributed by atoms with Gasteiger partial charge in [-0.05, 0) is 0 Å². The number of alkyl halides is 3. The summed E-state index contributed by atoms with van der Waals surface area (Å²) in [5.74, 6) is -11.1. The molecule has 0 amide bonds. The van der Waals surface area contributed by atoms with Crippen LogP contribution < -0.4 is 0 Å². The summed E-state index contributed by atoms with van der Waals surface area (Å²) in [6.07, 6.45) is -28.7. The molecule has 3 rings (SSSR count). The summed E-state index contributed by atoms with van der Waals surface area (Å²) in [5.41, 5.74) is 0. The Balaban J connectivity index is 2.40. The van der Waals surface area contributed by atoms with E-state index in [9.17, 15) is 47.9 Å². The minimum Gasteiger partial charge on any atom is -0.463 e. The minimum atomic E-state index is -2.62. The first-order valence-electron chi connectivity index (χ1n) is 20.7. The van der Waals surface area contributed by atoms with Crippen LogP contribution in [-0.2, 0) is 124 Å². The van der Waals surface area contributed by atoms with Crippen molar-refractivity contribution >= 4 is 100 Å². The van der Waals surface area contributed by atoms with Crippen LogP contribution in [0.25, 0.3) is 0 Å². The molecule has 3 heterocycles. The van der Waals surface area contributed by atoms with Gasteiger partial charge in [-0.3, -0.25) is 53.4 Å². The zero-order chi connectivity index (χ0) is 52.9. The number of hydrogen-bond acceptors (Lipinski definition) is 27. The summed E-state index contributed by atoms with van der Waals surface area (Å²) in [7, 11) is 0. The van der Waals surface area contributed by atoms with E-state index in [1.165, 1.54) is 0 Å². The fourth-order valence-corrected chi connectivity index (χ4v) is 7.16. The molecular formula is C40H52Cl3NO26. The standard InChI is InChI=1S/C40H52Cl3NO26/c1-14(45)55-11-24-27(58-17(4)48)30(61-20(7)51)33(63-22(9)53)36(65-24)68-32-29(60-19(6)50)26(13-57-16(3)47)66-37(34(32)64-23(10)54)69-35-31(62-21(8)52)28(59-18(5)49)25(12-56-15(2)46)67-38(35)70-39(44)40(41,42)43/h24-38,44H,11-13H2,1-10H3/t24?,25?,26?,27-,28-,29-,30-,31-,32-,33?,34?,35?,36-,37-,38-/m0/s1. The average molecular weight is 1070 g/mol. The average Bonchev–Trinajstić information content (AvgIpc) is 3.20. The second kappa shape index (κ2) is 26.3. The third-order valence-corrected chi connectivity index (χ3v) is 9.83. The maximum atomic E-state index is 13.1. The SMILES string of the molecule is CC(=O)OCC1O[C@@H](OC(=N)C(Cl)(Cl)Cl)C(O[C@@H]2OC(COC(C)=O)[C@H](OC(C)=O)[C@H](O[C@@H]3OC(COC(C)=O)[C@H](OC(C)=O)[C@H](OC(C)=O)C3OC(C)=O)C2OC(C)=O)[C@@H](OC(C)=O)[C@H]1OC(C)=O. The van der Waals surface area contributed by atoms with Crippen LogP contribution in [0.4, 0.5) is 0 Å². The van der Waals surface area contributed by atoms with Crippen molar-refractivity contribution in [1.82, 2.24) is 0 Å². The van der Waals surface area contributed by atoms with E-state index in [1.54, 1.807) is 0 Å². The lowest BCUT2D eigenvalue weighted by atomic mass is 9.95. The maximum absolute atomic E-state index is 13.1. The number of esters is 10. The number of rotatable bonds is 18. The molecule has 3 saturated heterocycles. The molecule has 6 unspecified atom stereocenters.